The number of hydrogen-bond acceptors (Lipinski definition) is 9. The quantitative estimate of drug-likeness (QED) is 0.277. The number of hydrogen-bond donors (Lipinski definition) is 1. The Hall–Kier alpha value is -4.29. The molecule has 1 N–H and O–H groups in total. The highest BCUT2D eigenvalue weighted by molar-refractivity contribution is 8.18. The van der Waals surface area contributed by atoms with Gasteiger partial charge in [0, 0.05) is 12.6 Å². The third-order valence-corrected chi connectivity index (χ3v) is 7.50. The second-order valence-corrected chi connectivity index (χ2v) is 10.7. The molecule has 0 atom stereocenters. The molecule has 1 fully saturated rings. The zero-order valence-corrected chi connectivity index (χ0v) is 22.6. The topological polar surface area (TPSA) is 128 Å². The molecule has 0 aliphatic carbocycles. The summed E-state index contributed by atoms with van der Waals surface area (Å²) in [7, 11) is -2.90. The van der Waals surface area contributed by atoms with Gasteiger partial charge in [0.1, 0.15) is 17.3 Å². The van der Waals surface area contributed by atoms with Crippen molar-refractivity contribution < 1.29 is 36.5 Å². The maximum atomic E-state index is 12.9. The van der Waals surface area contributed by atoms with E-state index in [1.54, 1.807) is 18.2 Å². The van der Waals surface area contributed by atoms with Gasteiger partial charge >= 0.3 is 10.1 Å². The Morgan fingerprint density at radius 1 is 1.00 bits per heavy atom. The lowest BCUT2D eigenvalue weighted by molar-refractivity contribution is -0.123. The normalized spacial score (nSPS) is 14.4. The number of nitrogens with one attached hydrogen (secondary N) is 1. The second kappa shape index (κ2) is 12.0. The molecule has 4 rings (SSSR count). The Morgan fingerprint density at radius 3 is 2.38 bits per heavy atom. The molecule has 202 valence electrons. The smallest absolute Gasteiger partial charge is 0.339 e. The van der Waals surface area contributed by atoms with E-state index in [-0.39, 0.29) is 40.4 Å². The molecular weight excluding hydrogens is 544 g/mol. The van der Waals surface area contributed by atoms with Gasteiger partial charge in [0.05, 0.1) is 18.6 Å². The lowest BCUT2D eigenvalue weighted by Gasteiger charge is -2.13. The summed E-state index contributed by atoms with van der Waals surface area (Å²) >= 11 is 0.777. The Labute approximate surface area is 229 Å². The van der Waals surface area contributed by atoms with Gasteiger partial charge in [-0.05, 0) is 71.9 Å². The number of nitrogens with zero attached hydrogens (tertiary/aromatic N) is 1. The average molecular weight is 569 g/mol. The SMILES string of the molecule is COc1ccc(/C=C2\SC(=O)N(CCOc3ccccc3)C2=O)cc1OS(=O)(=O)c1ccc(NC(C)=O)cc1. The molecule has 0 saturated carbocycles. The number of carbonyl (C=O) groups excluding carboxylic acids is 3. The zero-order valence-electron chi connectivity index (χ0n) is 20.9. The van der Waals surface area contributed by atoms with Crippen molar-refractivity contribution in [3.63, 3.8) is 0 Å². The number of carbonyl (C=O) groups is 3. The average Bonchev–Trinajstić information content (AvgIpc) is 3.16. The van der Waals surface area contributed by atoms with Crippen LogP contribution in [0.15, 0.2) is 82.6 Å². The van der Waals surface area contributed by atoms with Crippen molar-refractivity contribution in [2.24, 2.45) is 0 Å². The van der Waals surface area contributed by atoms with E-state index in [0.717, 1.165) is 16.7 Å². The largest absolute Gasteiger partial charge is 0.493 e. The first-order valence-electron chi connectivity index (χ1n) is 11.6. The van der Waals surface area contributed by atoms with Gasteiger partial charge in [0.25, 0.3) is 11.1 Å². The van der Waals surface area contributed by atoms with Crippen molar-refractivity contribution in [2.75, 3.05) is 25.6 Å². The van der Waals surface area contributed by atoms with Crippen LogP contribution in [0.5, 0.6) is 17.2 Å². The Balaban J connectivity index is 1.49. The van der Waals surface area contributed by atoms with Gasteiger partial charge in [0.15, 0.2) is 11.5 Å². The predicted octanol–water partition coefficient (Wildman–Crippen LogP) is 4.54. The maximum Gasteiger partial charge on any atom is 0.339 e. The van der Waals surface area contributed by atoms with Gasteiger partial charge < -0.3 is 19.0 Å². The molecule has 3 amide bonds. The predicted molar refractivity (Wildman–Crippen MR) is 146 cm³/mol. The van der Waals surface area contributed by atoms with E-state index in [4.69, 9.17) is 13.7 Å². The van der Waals surface area contributed by atoms with Crippen LogP contribution in [0.2, 0.25) is 0 Å². The summed E-state index contributed by atoms with van der Waals surface area (Å²) in [5, 5.41) is 2.12. The first-order valence-corrected chi connectivity index (χ1v) is 13.8. The van der Waals surface area contributed by atoms with E-state index in [2.05, 4.69) is 5.32 Å². The summed E-state index contributed by atoms with van der Waals surface area (Å²) in [4.78, 5) is 37.6. The van der Waals surface area contributed by atoms with Crippen molar-refractivity contribution in [2.45, 2.75) is 11.8 Å². The molecule has 1 aliphatic heterocycles. The van der Waals surface area contributed by atoms with Crippen LogP contribution in [0, 0.1) is 0 Å². The summed E-state index contributed by atoms with van der Waals surface area (Å²) in [5.41, 5.74) is 0.856. The van der Waals surface area contributed by atoms with Crippen LogP contribution in [0.25, 0.3) is 6.08 Å². The van der Waals surface area contributed by atoms with Gasteiger partial charge in [-0.1, -0.05) is 24.3 Å². The lowest BCUT2D eigenvalue weighted by atomic mass is 10.2. The first-order chi connectivity index (χ1) is 18.7. The van der Waals surface area contributed by atoms with Crippen molar-refractivity contribution in [3.05, 3.63) is 83.3 Å². The van der Waals surface area contributed by atoms with Gasteiger partial charge in [0.2, 0.25) is 5.91 Å². The minimum absolute atomic E-state index is 0.0762. The molecule has 3 aromatic rings. The number of rotatable bonds is 10. The van der Waals surface area contributed by atoms with Crippen LogP contribution in [0.4, 0.5) is 10.5 Å². The molecular formula is C27H24N2O8S2. The number of anilines is 1. The minimum atomic E-state index is -4.26. The third-order valence-electron chi connectivity index (χ3n) is 5.35. The summed E-state index contributed by atoms with van der Waals surface area (Å²) in [6.07, 6.45) is 1.48. The zero-order chi connectivity index (χ0) is 28.0. The summed E-state index contributed by atoms with van der Waals surface area (Å²) in [6.45, 7) is 1.56. The number of ether oxygens (including phenoxy) is 2. The minimum Gasteiger partial charge on any atom is -0.493 e. The van der Waals surface area contributed by atoms with Gasteiger partial charge in [-0.15, -0.1) is 0 Å². The van der Waals surface area contributed by atoms with E-state index in [1.165, 1.54) is 56.5 Å². The van der Waals surface area contributed by atoms with Gasteiger partial charge in [-0.3, -0.25) is 19.3 Å². The molecule has 10 nitrogen and oxygen atoms in total. The number of benzene rings is 3. The van der Waals surface area contributed by atoms with E-state index < -0.39 is 21.3 Å². The van der Waals surface area contributed by atoms with Crippen LogP contribution >= 0.6 is 11.8 Å². The van der Waals surface area contributed by atoms with Crippen LogP contribution in [-0.4, -0.2) is 50.6 Å². The van der Waals surface area contributed by atoms with Gasteiger partial charge in [-0.2, -0.15) is 8.42 Å². The molecule has 0 radical (unpaired) electrons. The Morgan fingerprint density at radius 2 is 1.72 bits per heavy atom. The van der Waals surface area contributed by atoms with E-state index in [1.807, 2.05) is 18.2 Å². The molecule has 12 heteroatoms. The van der Waals surface area contributed by atoms with E-state index in [0.29, 0.717) is 17.0 Å². The van der Waals surface area contributed by atoms with Crippen LogP contribution in [0.1, 0.15) is 12.5 Å². The fourth-order valence-electron chi connectivity index (χ4n) is 3.54. The fraction of sp³-hybridized carbons (Fsp3) is 0.148. The highest BCUT2D eigenvalue weighted by Gasteiger charge is 2.35. The van der Waals surface area contributed by atoms with Crippen LogP contribution in [-0.2, 0) is 19.7 Å². The molecule has 39 heavy (non-hydrogen) atoms. The highest BCUT2D eigenvalue weighted by Crippen LogP contribution is 2.35. The lowest BCUT2D eigenvalue weighted by Crippen LogP contribution is -2.32. The van der Waals surface area contributed by atoms with E-state index >= 15 is 0 Å². The molecule has 1 saturated heterocycles. The Kier molecular flexibility index (Phi) is 8.57. The van der Waals surface area contributed by atoms with Crippen molar-refractivity contribution in [3.8, 4) is 17.2 Å². The molecule has 0 bridgehead atoms. The molecule has 0 unspecified atom stereocenters. The van der Waals surface area contributed by atoms with Crippen molar-refractivity contribution in [1.82, 2.24) is 4.90 Å². The standard InChI is InChI=1S/C27H24N2O8S2/c1-18(30)28-20-9-11-22(12-10-20)39(33,34)37-24-16-19(8-13-23(24)35-2)17-25-26(31)29(27(32)38-25)14-15-36-21-6-4-3-5-7-21/h3-13,16-17H,14-15H2,1-2H3,(H,28,30)/b25-17-. The molecule has 0 spiro atoms. The van der Waals surface area contributed by atoms with Crippen LogP contribution in [0.3, 0.4) is 0 Å². The molecule has 3 aromatic carbocycles. The van der Waals surface area contributed by atoms with Crippen molar-refractivity contribution >= 4 is 50.7 Å². The summed E-state index contributed by atoms with van der Waals surface area (Å²) < 4.78 is 42.0. The summed E-state index contributed by atoms with van der Waals surface area (Å²) in [6, 6.07) is 19.0. The first kappa shape index (κ1) is 27.7. The molecule has 1 heterocycles. The number of imide groups is 1. The third kappa shape index (κ3) is 6.98. The number of para-hydroxylation sites is 1. The fourth-order valence-corrected chi connectivity index (χ4v) is 5.34. The number of thioether (sulfide) groups is 1. The number of methoxy groups -OCH3 is 1. The molecule has 0 aromatic heterocycles. The monoisotopic (exact) mass is 568 g/mol. The van der Waals surface area contributed by atoms with Gasteiger partial charge in [-0.25, -0.2) is 0 Å². The number of amides is 3. The Bertz CT molecular complexity index is 1520. The van der Waals surface area contributed by atoms with Crippen LogP contribution < -0.4 is 19.0 Å². The van der Waals surface area contributed by atoms with Crippen molar-refractivity contribution in [1.29, 1.82) is 0 Å². The maximum absolute atomic E-state index is 12.9. The van der Waals surface area contributed by atoms with E-state index in [9.17, 15) is 22.8 Å². The summed E-state index contributed by atoms with van der Waals surface area (Å²) in [5.74, 6) is -0.0950. The molecule has 1 aliphatic rings. The second-order valence-electron chi connectivity index (χ2n) is 8.15. The highest BCUT2D eigenvalue weighted by atomic mass is 32.2.